The fourth-order valence-corrected chi connectivity index (χ4v) is 1.49. The fourth-order valence-electron chi connectivity index (χ4n) is 1.30. The van der Waals surface area contributed by atoms with Crippen LogP contribution < -0.4 is 16.2 Å². The van der Waals surface area contributed by atoms with Gasteiger partial charge in [0.05, 0.1) is 0 Å². The molecule has 1 aromatic heterocycles. The Morgan fingerprint density at radius 1 is 1.18 bits per heavy atom. The Morgan fingerprint density at radius 3 is 2.65 bits per heavy atom. The highest BCUT2D eigenvalue weighted by molar-refractivity contribution is 6.31. The van der Waals surface area contributed by atoms with E-state index in [-0.39, 0.29) is 11.8 Å². The first kappa shape index (κ1) is 11.5. The van der Waals surface area contributed by atoms with Gasteiger partial charge >= 0.3 is 0 Å². The zero-order valence-electron chi connectivity index (χ0n) is 8.93. The van der Waals surface area contributed by atoms with Crippen molar-refractivity contribution in [2.75, 3.05) is 11.5 Å². The van der Waals surface area contributed by atoms with Crippen LogP contribution in [0.3, 0.4) is 0 Å². The molecule has 0 bridgehead atoms. The summed E-state index contributed by atoms with van der Waals surface area (Å²) < 4.78 is 5.44. The molecule has 1 aromatic carbocycles. The highest BCUT2D eigenvalue weighted by atomic mass is 35.5. The zero-order valence-corrected chi connectivity index (χ0v) is 9.69. The van der Waals surface area contributed by atoms with Gasteiger partial charge in [-0.3, -0.25) is 0 Å². The number of nitrogens with zero attached hydrogens (tertiary/aromatic N) is 2. The number of halogens is 1. The minimum Gasteiger partial charge on any atom is -0.473 e. The second kappa shape index (κ2) is 4.88. The summed E-state index contributed by atoms with van der Waals surface area (Å²) in [7, 11) is 0. The quantitative estimate of drug-likeness (QED) is 0.868. The fraction of sp³-hybridized carbons (Fsp3) is 0.0909. The van der Waals surface area contributed by atoms with Crippen LogP contribution >= 0.6 is 11.6 Å². The molecule has 0 spiro atoms. The van der Waals surface area contributed by atoms with Crippen LogP contribution in [0.2, 0.25) is 5.02 Å². The minimum atomic E-state index is 0.0826. The van der Waals surface area contributed by atoms with Crippen LogP contribution in [0.5, 0.6) is 5.88 Å². The van der Waals surface area contributed by atoms with E-state index in [1.165, 1.54) is 6.07 Å². The van der Waals surface area contributed by atoms with Crippen molar-refractivity contribution in [1.82, 2.24) is 9.97 Å². The van der Waals surface area contributed by atoms with Gasteiger partial charge in [-0.15, -0.1) is 0 Å². The highest BCUT2D eigenvalue weighted by Crippen LogP contribution is 2.18. The van der Waals surface area contributed by atoms with Crippen LogP contribution in [0.25, 0.3) is 0 Å². The van der Waals surface area contributed by atoms with E-state index in [4.69, 9.17) is 27.8 Å². The first-order chi connectivity index (χ1) is 8.15. The van der Waals surface area contributed by atoms with Crippen LogP contribution in [0.1, 0.15) is 5.56 Å². The largest absolute Gasteiger partial charge is 0.473 e. The molecule has 0 saturated heterocycles. The number of anilines is 2. The summed E-state index contributed by atoms with van der Waals surface area (Å²) in [6.45, 7) is 0.301. The number of rotatable bonds is 3. The number of aromatic nitrogens is 2. The summed E-state index contributed by atoms with van der Waals surface area (Å²) in [6.07, 6.45) is 0. The normalized spacial score (nSPS) is 10.2. The van der Waals surface area contributed by atoms with Gasteiger partial charge in [0, 0.05) is 16.7 Å². The topological polar surface area (TPSA) is 87.0 Å². The van der Waals surface area contributed by atoms with Gasteiger partial charge in [0.15, 0.2) is 0 Å². The molecule has 1 heterocycles. The molecule has 0 atom stereocenters. The number of nitrogens with two attached hydrogens (primary N) is 2. The third-order valence-corrected chi connectivity index (χ3v) is 2.44. The van der Waals surface area contributed by atoms with Crippen molar-refractivity contribution in [3.05, 3.63) is 40.9 Å². The molecule has 2 aromatic rings. The maximum absolute atomic E-state index is 5.99. The second-order valence-electron chi connectivity index (χ2n) is 3.37. The summed E-state index contributed by atoms with van der Waals surface area (Å²) in [5.41, 5.74) is 11.8. The lowest BCUT2D eigenvalue weighted by Crippen LogP contribution is -2.03. The molecular formula is C11H11ClN4O. The molecule has 0 saturated carbocycles. The molecule has 0 aliphatic rings. The molecule has 0 unspecified atom stereocenters. The third kappa shape index (κ3) is 2.98. The van der Waals surface area contributed by atoms with Crippen LogP contribution in [0, 0.1) is 0 Å². The summed E-state index contributed by atoms with van der Waals surface area (Å²) in [6, 6.07) is 8.91. The van der Waals surface area contributed by atoms with Crippen molar-refractivity contribution in [2.24, 2.45) is 0 Å². The van der Waals surface area contributed by atoms with Gasteiger partial charge in [0.2, 0.25) is 11.8 Å². The van der Waals surface area contributed by atoms with E-state index < -0.39 is 0 Å². The Hall–Kier alpha value is -2.01. The van der Waals surface area contributed by atoms with Crippen molar-refractivity contribution in [3.8, 4) is 5.88 Å². The Balaban J connectivity index is 2.10. The molecule has 6 heteroatoms. The van der Waals surface area contributed by atoms with E-state index in [0.717, 1.165) is 5.56 Å². The molecule has 5 nitrogen and oxygen atoms in total. The monoisotopic (exact) mass is 250 g/mol. The lowest BCUT2D eigenvalue weighted by Gasteiger charge is -2.07. The number of ether oxygens (including phenoxy) is 1. The van der Waals surface area contributed by atoms with Gasteiger partial charge in [-0.25, -0.2) is 0 Å². The van der Waals surface area contributed by atoms with Crippen LogP contribution in [0.15, 0.2) is 30.3 Å². The van der Waals surface area contributed by atoms with Crippen LogP contribution in [-0.4, -0.2) is 9.97 Å². The van der Waals surface area contributed by atoms with Crippen molar-refractivity contribution < 1.29 is 4.74 Å². The average Bonchev–Trinajstić information content (AvgIpc) is 2.27. The number of hydrogen-bond acceptors (Lipinski definition) is 5. The SMILES string of the molecule is Nc1cc(OCc2ccccc2Cl)nc(N)n1. The van der Waals surface area contributed by atoms with Crippen LogP contribution in [0.4, 0.5) is 11.8 Å². The van der Waals surface area contributed by atoms with E-state index in [1.54, 1.807) is 6.07 Å². The predicted octanol–water partition coefficient (Wildman–Crippen LogP) is 1.87. The highest BCUT2D eigenvalue weighted by Gasteiger charge is 2.03. The van der Waals surface area contributed by atoms with E-state index in [2.05, 4.69) is 9.97 Å². The van der Waals surface area contributed by atoms with Gasteiger partial charge in [0.25, 0.3) is 0 Å². The van der Waals surface area contributed by atoms with E-state index in [9.17, 15) is 0 Å². The van der Waals surface area contributed by atoms with Crippen molar-refractivity contribution in [1.29, 1.82) is 0 Å². The Bertz CT molecular complexity index is 512. The molecule has 0 amide bonds. The summed E-state index contributed by atoms with van der Waals surface area (Å²) in [4.78, 5) is 7.65. The van der Waals surface area contributed by atoms with Crippen molar-refractivity contribution in [3.63, 3.8) is 0 Å². The molecular weight excluding hydrogens is 240 g/mol. The number of hydrogen-bond donors (Lipinski definition) is 2. The first-order valence-electron chi connectivity index (χ1n) is 4.91. The van der Waals surface area contributed by atoms with Gasteiger partial charge in [-0.05, 0) is 6.07 Å². The smallest absolute Gasteiger partial charge is 0.225 e. The molecule has 0 aliphatic heterocycles. The maximum Gasteiger partial charge on any atom is 0.225 e. The lowest BCUT2D eigenvalue weighted by molar-refractivity contribution is 0.294. The van der Waals surface area contributed by atoms with Crippen LogP contribution in [-0.2, 0) is 6.61 Å². The predicted molar refractivity (Wildman–Crippen MR) is 66.6 cm³/mol. The molecule has 0 aliphatic carbocycles. The molecule has 17 heavy (non-hydrogen) atoms. The van der Waals surface area contributed by atoms with Gasteiger partial charge in [0.1, 0.15) is 12.4 Å². The summed E-state index contributed by atoms with van der Waals surface area (Å²) in [5.74, 6) is 0.681. The third-order valence-electron chi connectivity index (χ3n) is 2.07. The summed E-state index contributed by atoms with van der Waals surface area (Å²) in [5, 5.41) is 0.641. The van der Waals surface area contributed by atoms with Crippen molar-refractivity contribution in [2.45, 2.75) is 6.61 Å². The molecule has 88 valence electrons. The zero-order chi connectivity index (χ0) is 12.3. The molecule has 4 N–H and O–H groups in total. The van der Waals surface area contributed by atoms with Gasteiger partial charge in [-0.1, -0.05) is 29.8 Å². The number of benzene rings is 1. The Kier molecular flexibility index (Phi) is 3.30. The van der Waals surface area contributed by atoms with E-state index in [0.29, 0.717) is 17.5 Å². The lowest BCUT2D eigenvalue weighted by atomic mass is 10.2. The van der Waals surface area contributed by atoms with E-state index in [1.807, 2.05) is 18.2 Å². The average molecular weight is 251 g/mol. The standard InChI is InChI=1S/C11H11ClN4O/c12-8-4-2-1-3-7(8)6-17-10-5-9(13)15-11(14)16-10/h1-5H,6H2,(H4,13,14,15,16). The van der Waals surface area contributed by atoms with Crippen molar-refractivity contribution >= 4 is 23.4 Å². The number of nitrogen functional groups attached to an aromatic ring is 2. The van der Waals surface area contributed by atoms with E-state index >= 15 is 0 Å². The second-order valence-corrected chi connectivity index (χ2v) is 3.78. The van der Waals surface area contributed by atoms with Gasteiger partial charge in [-0.2, -0.15) is 9.97 Å². The summed E-state index contributed by atoms with van der Waals surface area (Å²) >= 11 is 5.99. The Morgan fingerprint density at radius 2 is 1.94 bits per heavy atom. The molecule has 2 rings (SSSR count). The molecule has 0 radical (unpaired) electrons. The Labute approximate surface area is 103 Å². The molecule has 0 fully saturated rings. The first-order valence-corrected chi connectivity index (χ1v) is 5.29. The minimum absolute atomic E-state index is 0.0826. The van der Waals surface area contributed by atoms with Gasteiger partial charge < -0.3 is 16.2 Å². The maximum atomic E-state index is 5.99.